The molecule has 1 atom stereocenters. The molecule has 0 heterocycles. The molecule has 0 aromatic heterocycles. The van der Waals surface area contributed by atoms with Crippen molar-refractivity contribution in [3.8, 4) is 0 Å². The Bertz CT molecular complexity index is 389. The highest BCUT2D eigenvalue weighted by Gasteiger charge is 2.16. The van der Waals surface area contributed by atoms with E-state index in [-0.39, 0.29) is 12.0 Å². The molecule has 1 aromatic rings. The van der Waals surface area contributed by atoms with Crippen molar-refractivity contribution in [3.63, 3.8) is 0 Å². The Morgan fingerprint density at radius 3 is 2.38 bits per heavy atom. The molecule has 0 saturated heterocycles. The van der Waals surface area contributed by atoms with Gasteiger partial charge in [-0.3, -0.25) is 9.59 Å². The molecule has 16 heavy (non-hydrogen) atoms. The number of hydrogen-bond acceptors (Lipinski definition) is 2. The molecule has 86 valence electrons. The van der Waals surface area contributed by atoms with Gasteiger partial charge in [-0.15, -0.1) is 0 Å². The van der Waals surface area contributed by atoms with Crippen molar-refractivity contribution >= 4 is 12.4 Å². The first-order valence-electron chi connectivity index (χ1n) is 4.40. The van der Waals surface area contributed by atoms with Crippen LogP contribution in [0.4, 0.5) is 8.78 Å². The van der Waals surface area contributed by atoms with E-state index in [1.54, 1.807) is 0 Å². The molecule has 0 fully saturated rings. The highest BCUT2D eigenvalue weighted by atomic mass is 19.1. The Labute approximate surface area is 89.9 Å². The minimum atomic E-state index is -1.18. The van der Waals surface area contributed by atoms with E-state index in [4.69, 9.17) is 5.11 Å². The third kappa shape index (κ3) is 3.30. The number of amides is 1. The van der Waals surface area contributed by atoms with Gasteiger partial charge in [0.05, 0.1) is 12.5 Å². The van der Waals surface area contributed by atoms with Gasteiger partial charge in [0.25, 0.3) is 0 Å². The number of carboxylic acid groups (broad SMARTS) is 1. The smallest absolute Gasteiger partial charge is 0.305 e. The first kappa shape index (κ1) is 12.1. The lowest BCUT2D eigenvalue weighted by Crippen LogP contribution is -2.22. The van der Waals surface area contributed by atoms with Crippen LogP contribution in [0, 0.1) is 11.6 Å². The highest BCUT2D eigenvalue weighted by molar-refractivity contribution is 5.68. The van der Waals surface area contributed by atoms with Gasteiger partial charge < -0.3 is 10.4 Å². The second-order valence-corrected chi connectivity index (χ2v) is 3.14. The Morgan fingerprint density at radius 1 is 1.38 bits per heavy atom. The lowest BCUT2D eigenvalue weighted by Gasteiger charge is -2.14. The summed E-state index contributed by atoms with van der Waals surface area (Å²) in [4.78, 5) is 20.7. The zero-order valence-electron chi connectivity index (χ0n) is 8.11. The van der Waals surface area contributed by atoms with Crippen LogP contribution in [0.1, 0.15) is 18.0 Å². The number of nitrogens with one attached hydrogen (secondary N) is 1. The quantitative estimate of drug-likeness (QED) is 0.746. The summed E-state index contributed by atoms with van der Waals surface area (Å²) in [5.41, 5.74) is 0.0759. The summed E-state index contributed by atoms with van der Waals surface area (Å²) in [5, 5.41) is 10.8. The third-order valence-electron chi connectivity index (χ3n) is 1.94. The second-order valence-electron chi connectivity index (χ2n) is 3.14. The molecule has 0 spiro atoms. The maximum atomic E-state index is 12.9. The molecule has 2 N–H and O–H groups in total. The summed E-state index contributed by atoms with van der Waals surface area (Å²) < 4.78 is 25.7. The van der Waals surface area contributed by atoms with Gasteiger partial charge in [-0.2, -0.15) is 0 Å². The van der Waals surface area contributed by atoms with Crippen LogP contribution in [-0.4, -0.2) is 17.5 Å². The van der Waals surface area contributed by atoms with Crippen LogP contribution in [0.5, 0.6) is 0 Å². The molecule has 0 saturated carbocycles. The molecule has 1 amide bonds. The summed E-state index contributed by atoms with van der Waals surface area (Å²) in [7, 11) is 0. The second kappa shape index (κ2) is 5.20. The monoisotopic (exact) mass is 229 g/mol. The van der Waals surface area contributed by atoms with Gasteiger partial charge in [0.2, 0.25) is 6.41 Å². The van der Waals surface area contributed by atoms with Crippen LogP contribution in [0.3, 0.4) is 0 Å². The number of carbonyl (C=O) groups is 2. The van der Waals surface area contributed by atoms with E-state index < -0.39 is 30.1 Å². The topological polar surface area (TPSA) is 66.4 Å². The largest absolute Gasteiger partial charge is 0.481 e. The van der Waals surface area contributed by atoms with E-state index in [1.807, 2.05) is 0 Å². The summed E-state index contributed by atoms with van der Waals surface area (Å²) in [6.45, 7) is 0. The summed E-state index contributed by atoms with van der Waals surface area (Å²) in [6.07, 6.45) is -0.155. The average molecular weight is 229 g/mol. The standard InChI is InChI=1S/C10H9F2NO3/c11-7-1-6(2-8(12)3-7)9(13-5-14)4-10(15)16/h1-3,5,9H,4H2,(H,13,14)(H,15,16)/t9-/m1/s1. The molecule has 0 aliphatic carbocycles. The van der Waals surface area contributed by atoms with Gasteiger partial charge >= 0.3 is 5.97 Å². The lowest BCUT2D eigenvalue weighted by molar-refractivity contribution is -0.137. The predicted molar refractivity (Wildman–Crippen MR) is 50.6 cm³/mol. The fraction of sp³-hybridized carbons (Fsp3) is 0.200. The van der Waals surface area contributed by atoms with Crippen molar-refractivity contribution in [1.29, 1.82) is 0 Å². The van der Waals surface area contributed by atoms with Crippen LogP contribution in [0.2, 0.25) is 0 Å². The summed E-state index contributed by atoms with van der Waals surface area (Å²) >= 11 is 0. The van der Waals surface area contributed by atoms with Crippen molar-refractivity contribution in [2.45, 2.75) is 12.5 Å². The molecular weight excluding hydrogens is 220 g/mol. The van der Waals surface area contributed by atoms with E-state index in [2.05, 4.69) is 5.32 Å². The fourth-order valence-electron chi connectivity index (χ4n) is 1.31. The van der Waals surface area contributed by atoms with Crippen LogP contribution < -0.4 is 5.32 Å². The first-order valence-corrected chi connectivity index (χ1v) is 4.40. The molecule has 0 radical (unpaired) electrons. The number of aliphatic carboxylic acids is 1. The van der Waals surface area contributed by atoms with Crippen LogP contribution in [-0.2, 0) is 9.59 Å². The third-order valence-corrected chi connectivity index (χ3v) is 1.94. The van der Waals surface area contributed by atoms with E-state index >= 15 is 0 Å². The zero-order valence-corrected chi connectivity index (χ0v) is 8.11. The SMILES string of the molecule is O=CN[C@H](CC(=O)O)c1cc(F)cc(F)c1. The zero-order chi connectivity index (χ0) is 12.1. The molecule has 1 aromatic carbocycles. The molecule has 0 unspecified atom stereocenters. The Balaban J connectivity index is 2.99. The predicted octanol–water partition coefficient (Wildman–Crippen LogP) is 1.23. The summed E-state index contributed by atoms with van der Waals surface area (Å²) in [6, 6.07) is 1.68. The Kier molecular flexibility index (Phi) is 3.93. The number of halogens is 2. The van der Waals surface area contributed by atoms with Crippen molar-refractivity contribution in [3.05, 3.63) is 35.4 Å². The number of hydrogen-bond donors (Lipinski definition) is 2. The van der Waals surface area contributed by atoms with Crippen LogP contribution in [0.25, 0.3) is 0 Å². The van der Waals surface area contributed by atoms with Gasteiger partial charge in [-0.25, -0.2) is 8.78 Å². The molecule has 0 aliphatic heterocycles. The van der Waals surface area contributed by atoms with Crippen molar-refractivity contribution < 1.29 is 23.5 Å². The number of carbonyl (C=O) groups excluding carboxylic acids is 1. The van der Waals surface area contributed by atoms with Gasteiger partial charge in [0, 0.05) is 6.07 Å². The van der Waals surface area contributed by atoms with Crippen molar-refractivity contribution in [2.24, 2.45) is 0 Å². The normalized spacial score (nSPS) is 11.9. The lowest BCUT2D eigenvalue weighted by atomic mass is 10.0. The molecule has 0 bridgehead atoms. The van der Waals surface area contributed by atoms with Gasteiger partial charge in [0.15, 0.2) is 0 Å². The minimum Gasteiger partial charge on any atom is -0.481 e. The van der Waals surface area contributed by atoms with Crippen LogP contribution in [0.15, 0.2) is 18.2 Å². The van der Waals surface area contributed by atoms with E-state index in [1.165, 1.54) is 0 Å². The van der Waals surface area contributed by atoms with Gasteiger partial charge in [0.1, 0.15) is 11.6 Å². The Hall–Kier alpha value is -1.98. The van der Waals surface area contributed by atoms with Gasteiger partial charge in [-0.1, -0.05) is 0 Å². The van der Waals surface area contributed by atoms with Crippen molar-refractivity contribution in [2.75, 3.05) is 0 Å². The van der Waals surface area contributed by atoms with Crippen LogP contribution >= 0.6 is 0 Å². The number of carboxylic acids is 1. The van der Waals surface area contributed by atoms with Gasteiger partial charge in [-0.05, 0) is 17.7 Å². The maximum absolute atomic E-state index is 12.9. The van der Waals surface area contributed by atoms with E-state index in [0.29, 0.717) is 6.07 Å². The number of benzene rings is 1. The first-order chi connectivity index (χ1) is 7.52. The fourth-order valence-corrected chi connectivity index (χ4v) is 1.31. The molecule has 0 aliphatic rings. The van der Waals surface area contributed by atoms with Crippen molar-refractivity contribution in [1.82, 2.24) is 5.32 Å². The summed E-state index contributed by atoms with van der Waals surface area (Å²) in [5.74, 6) is -2.82. The molecular formula is C10H9F2NO3. The van der Waals surface area contributed by atoms with E-state index in [9.17, 15) is 18.4 Å². The molecule has 6 heteroatoms. The number of rotatable bonds is 5. The highest BCUT2D eigenvalue weighted by Crippen LogP contribution is 2.18. The maximum Gasteiger partial charge on any atom is 0.305 e. The molecule has 4 nitrogen and oxygen atoms in total. The molecule has 1 rings (SSSR count). The average Bonchev–Trinajstić information content (AvgIpc) is 2.14. The van der Waals surface area contributed by atoms with E-state index in [0.717, 1.165) is 12.1 Å². The Morgan fingerprint density at radius 2 is 1.94 bits per heavy atom. The minimum absolute atomic E-state index is 0.0759.